The number of benzene rings is 2. The summed E-state index contributed by atoms with van der Waals surface area (Å²) in [6, 6.07) is 15.8. The molecule has 0 radical (unpaired) electrons. The van der Waals surface area contributed by atoms with Crippen molar-refractivity contribution in [3.8, 4) is 17.2 Å². The minimum Gasteiger partial charge on any atom is -0.497 e. The van der Waals surface area contributed by atoms with E-state index in [9.17, 15) is 9.59 Å². The summed E-state index contributed by atoms with van der Waals surface area (Å²) in [6.07, 6.45) is 1.56. The zero-order chi connectivity index (χ0) is 23.8. The highest BCUT2D eigenvalue weighted by molar-refractivity contribution is 5.89. The summed E-state index contributed by atoms with van der Waals surface area (Å²) in [5.74, 6) is 1.44. The summed E-state index contributed by atoms with van der Waals surface area (Å²) in [4.78, 5) is 24.3. The van der Waals surface area contributed by atoms with E-state index in [0.29, 0.717) is 24.5 Å². The maximum Gasteiger partial charge on any atom is 0.338 e. The molecule has 0 saturated heterocycles. The first kappa shape index (κ1) is 23.9. The Hall–Kier alpha value is -3.74. The van der Waals surface area contributed by atoms with Gasteiger partial charge in [0.05, 0.1) is 31.0 Å². The molecule has 0 aliphatic heterocycles. The van der Waals surface area contributed by atoms with Crippen LogP contribution in [0.4, 0.5) is 0 Å². The van der Waals surface area contributed by atoms with Gasteiger partial charge in [-0.15, -0.1) is 0 Å². The third-order valence-electron chi connectivity index (χ3n) is 4.96. The Bertz CT molecular complexity index is 1120. The lowest BCUT2D eigenvalue weighted by Crippen LogP contribution is -2.17. The summed E-state index contributed by atoms with van der Waals surface area (Å²) in [6.45, 7) is 6.66. The van der Waals surface area contributed by atoms with E-state index in [4.69, 9.17) is 18.9 Å². The molecular formula is C26H29NO6. The molecule has 7 heteroatoms. The second kappa shape index (κ2) is 11.2. The maximum atomic E-state index is 12.4. The molecule has 2 aromatic carbocycles. The number of ether oxygens (including phenoxy) is 4. The van der Waals surface area contributed by atoms with E-state index in [1.54, 1.807) is 51.4 Å². The summed E-state index contributed by atoms with van der Waals surface area (Å²) in [7, 11) is 1.62. The smallest absolute Gasteiger partial charge is 0.338 e. The normalized spacial score (nSPS) is 10.7. The number of carbonyl (C=O) groups is 1. The molecule has 0 unspecified atom stereocenters. The first-order valence-electron chi connectivity index (χ1n) is 10.8. The topological polar surface area (TPSA) is 76.0 Å². The molecule has 33 heavy (non-hydrogen) atoms. The van der Waals surface area contributed by atoms with Crippen LogP contribution >= 0.6 is 0 Å². The minimum absolute atomic E-state index is 0.176. The van der Waals surface area contributed by atoms with Gasteiger partial charge in [0.25, 0.3) is 0 Å². The molecule has 0 aliphatic rings. The fraction of sp³-hybridized carbons (Fsp3) is 0.308. The van der Waals surface area contributed by atoms with Crippen LogP contribution in [0.3, 0.4) is 0 Å². The van der Waals surface area contributed by atoms with Crippen molar-refractivity contribution in [2.24, 2.45) is 0 Å². The predicted octanol–water partition coefficient (Wildman–Crippen LogP) is 4.39. The van der Waals surface area contributed by atoms with Gasteiger partial charge in [-0.05, 0) is 62.7 Å². The molecule has 1 heterocycles. The Morgan fingerprint density at radius 2 is 1.61 bits per heavy atom. The van der Waals surface area contributed by atoms with Crippen LogP contribution in [0.15, 0.2) is 65.6 Å². The van der Waals surface area contributed by atoms with Crippen LogP contribution in [0.5, 0.6) is 17.2 Å². The number of esters is 1. The molecule has 0 saturated carbocycles. The van der Waals surface area contributed by atoms with Crippen molar-refractivity contribution >= 4 is 5.97 Å². The van der Waals surface area contributed by atoms with Crippen LogP contribution in [-0.4, -0.2) is 30.4 Å². The second-order valence-electron chi connectivity index (χ2n) is 7.75. The fourth-order valence-electron chi connectivity index (χ4n) is 3.18. The number of methoxy groups -OCH3 is 1. The van der Waals surface area contributed by atoms with Crippen LogP contribution in [0.1, 0.15) is 35.5 Å². The number of hydrogen-bond acceptors (Lipinski definition) is 6. The first-order valence-corrected chi connectivity index (χ1v) is 10.8. The molecule has 1 aromatic heterocycles. The Balaban J connectivity index is 1.60. The number of carbonyl (C=O) groups excluding carboxylic acids is 1. The molecule has 0 spiro atoms. The highest BCUT2D eigenvalue weighted by Gasteiger charge is 2.11. The van der Waals surface area contributed by atoms with E-state index in [2.05, 4.69) is 0 Å². The van der Waals surface area contributed by atoms with Crippen LogP contribution in [0.25, 0.3) is 0 Å². The third-order valence-corrected chi connectivity index (χ3v) is 4.96. The number of pyridine rings is 1. The van der Waals surface area contributed by atoms with Crippen molar-refractivity contribution in [3.63, 3.8) is 0 Å². The molecule has 7 nitrogen and oxygen atoms in total. The monoisotopic (exact) mass is 451 g/mol. The van der Waals surface area contributed by atoms with E-state index in [1.807, 2.05) is 35.8 Å². The summed E-state index contributed by atoms with van der Waals surface area (Å²) >= 11 is 0. The van der Waals surface area contributed by atoms with Gasteiger partial charge in [0.15, 0.2) is 5.75 Å². The molecule has 0 N–H and O–H groups in total. The summed E-state index contributed by atoms with van der Waals surface area (Å²) in [5, 5.41) is 0. The van der Waals surface area contributed by atoms with E-state index in [0.717, 1.165) is 22.8 Å². The van der Waals surface area contributed by atoms with Crippen LogP contribution in [0, 0.1) is 6.92 Å². The lowest BCUT2D eigenvalue weighted by atomic mass is 10.1. The van der Waals surface area contributed by atoms with Crippen LogP contribution in [0.2, 0.25) is 0 Å². The van der Waals surface area contributed by atoms with Crippen molar-refractivity contribution in [1.82, 2.24) is 4.57 Å². The predicted molar refractivity (Wildman–Crippen MR) is 125 cm³/mol. The molecule has 3 aromatic rings. The van der Waals surface area contributed by atoms with Gasteiger partial charge in [0.2, 0.25) is 5.43 Å². The molecule has 0 amide bonds. The van der Waals surface area contributed by atoms with Crippen molar-refractivity contribution < 1.29 is 23.7 Å². The lowest BCUT2D eigenvalue weighted by Gasteiger charge is -2.15. The van der Waals surface area contributed by atoms with Crippen LogP contribution < -0.4 is 19.6 Å². The molecule has 3 rings (SSSR count). The average molecular weight is 452 g/mol. The van der Waals surface area contributed by atoms with Gasteiger partial charge in [-0.25, -0.2) is 4.79 Å². The van der Waals surface area contributed by atoms with E-state index in [-0.39, 0.29) is 24.1 Å². The summed E-state index contributed by atoms with van der Waals surface area (Å²) < 4.78 is 23.9. The quantitative estimate of drug-likeness (QED) is 0.426. The van der Waals surface area contributed by atoms with Crippen molar-refractivity contribution in [2.75, 3.05) is 13.7 Å². The van der Waals surface area contributed by atoms with Gasteiger partial charge < -0.3 is 23.5 Å². The van der Waals surface area contributed by atoms with E-state index in [1.165, 1.54) is 6.07 Å². The van der Waals surface area contributed by atoms with Gasteiger partial charge in [-0.2, -0.15) is 0 Å². The van der Waals surface area contributed by atoms with Crippen molar-refractivity contribution in [1.29, 1.82) is 0 Å². The van der Waals surface area contributed by atoms with Gasteiger partial charge >= 0.3 is 5.97 Å². The fourth-order valence-corrected chi connectivity index (χ4v) is 3.18. The Labute approximate surface area is 193 Å². The Morgan fingerprint density at radius 3 is 2.24 bits per heavy atom. The molecule has 0 bridgehead atoms. The number of hydrogen-bond donors (Lipinski definition) is 0. The second-order valence-corrected chi connectivity index (χ2v) is 7.75. The van der Waals surface area contributed by atoms with E-state index >= 15 is 0 Å². The third kappa shape index (κ3) is 6.62. The minimum atomic E-state index is -0.365. The molecule has 0 atom stereocenters. The maximum absolute atomic E-state index is 12.4. The molecule has 0 aliphatic carbocycles. The lowest BCUT2D eigenvalue weighted by molar-refractivity contribution is 0.0378. The zero-order valence-corrected chi connectivity index (χ0v) is 19.4. The van der Waals surface area contributed by atoms with Crippen LogP contribution in [-0.2, 0) is 17.9 Å². The highest BCUT2D eigenvalue weighted by atomic mass is 16.5. The van der Waals surface area contributed by atoms with Gasteiger partial charge in [0, 0.05) is 12.3 Å². The zero-order valence-electron chi connectivity index (χ0n) is 19.4. The Kier molecular flexibility index (Phi) is 8.13. The van der Waals surface area contributed by atoms with E-state index < -0.39 is 0 Å². The standard InChI is InChI=1S/C26H29NO6/c1-18(2)33-26(29)21-7-5-20(6-8-21)17-32-25-19(3)27(14-13-24(25)28)15-16-31-23-11-9-22(30-4)10-12-23/h5-14,18H,15-17H2,1-4H3. The molecule has 0 fully saturated rings. The van der Waals surface area contributed by atoms with Gasteiger partial charge in [0.1, 0.15) is 24.7 Å². The van der Waals surface area contributed by atoms with Gasteiger partial charge in [-0.1, -0.05) is 12.1 Å². The summed E-state index contributed by atoms with van der Waals surface area (Å²) in [5.41, 5.74) is 1.85. The SMILES string of the molecule is COc1ccc(OCCn2ccc(=O)c(OCc3ccc(C(=O)OC(C)C)cc3)c2C)cc1. The number of rotatable bonds is 10. The average Bonchev–Trinajstić information content (AvgIpc) is 2.81. The molecule has 174 valence electrons. The van der Waals surface area contributed by atoms with Crippen molar-refractivity contribution in [2.45, 2.75) is 40.0 Å². The van der Waals surface area contributed by atoms with Gasteiger partial charge in [-0.3, -0.25) is 4.79 Å². The highest BCUT2D eigenvalue weighted by Crippen LogP contribution is 2.18. The molecular weight excluding hydrogens is 422 g/mol. The number of nitrogens with zero attached hydrogens (tertiary/aromatic N) is 1. The van der Waals surface area contributed by atoms with Crippen molar-refractivity contribution in [3.05, 3.63) is 87.8 Å². The Morgan fingerprint density at radius 1 is 0.939 bits per heavy atom. The number of aromatic nitrogens is 1. The first-order chi connectivity index (χ1) is 15.9. The largest absolute Gasteiger partial charge is 0.497 e.